The van der Waals surface area contributed by atoms with Crippen LogP contribution in [0.2, 0.25) is 0 Å². The number of hydrogen-bond donors (Lipinski definition) is 1. The molecule has 6 nitrogen and oxygen atoms in total. The first kappa shape index (κ1) is 26.6. The highest BCUT2D eigenvalue weighted by Crippen LogP contribution is 2.33. The number of esters is 1. The lowest BCUT2D eigenvalue weighted by atomic mass is 10.0. The molecular formula is C27H30N2O4S2. The standard InChI is InChI=1S/C27H30N2O4S2/c1-17-14-18(2)24(19(3)15-17)28-23(30)8-6-5-7-13-29-25(31)22(35-27(29)34)16-20-9-11-21(12-10-20)26(32)33-4/h9-12,14-16H,5-8,13H2,1-4H3,(H,28,30). The van der Waals surface area contributed by atoms with Gasteiger partial charge in [-0.25, -0.2) is 4.79 Å². The van der Waals surface area contributed by atoms with Gasteiger partial charge in [0.2, 0.25) is 5.91 Å². The Morgan fingerprint density at radius 2 is 1.71 bits per heavy atom. The summed E-state index contributed by atoms with van der Waals surface area (Å²) in [4.78, 5) is 38.9. The number of thioether (sulfide) groups is 1. The molecule has 0 bridgehead atoms. The SMILES string of the molecule is COC(=O)c1ccc(C=C2SC(=S)N(CCCCCC(=O)Nc3c(C)cc(C)cc3C)C2=O)cc1. The van der Waals surface area contributed by atoms with Crippen molar-refractivity contribution in [2.24, 2.45) is 0 Å². The highest BCUT2D eigenvalue weighted by molar-refractivity contribution is 8.26. The van der Waals surface area contributed by atoms with Crippen LogP contribution in [0.4, 0.5) is 5.69 Å². The number of benzene rings is 2. The molecule has 0 atom stereocenters. The summed E-state index contributed by atoms with van der Waals surface area (Å²) in [5, 5.41) is 3.03. The van der Waals surface area contributed by atoms with Gasteiger partial charge in [-0.1, -0.05) is 60.2 Å². The number of unbranched alkanes of at least 4 members (excludes halogenated alkanes) is 2. The van der Waals surface area contributed by atoms with E-state index in [0.717, 1.165) is 41.6 Å². The largest absolute Gasteiger partial charge is 0.465 e. The maximum absolute atomic E-state index is 12.8. The van der Waals surface area contributed by atoms with Crippen LogP contribution in [0.5, 0.6) is 0 Å². The Hall–Kier alpha value is -2.97. The molecule has 2 aromatic carbocycles. The zero-order chi connectivity index (χ0) is 25.5. The third-order valence-corrected chi connectivity index (χ3v) is 7.11. The molecule has 0 radical (unpaired) electrons. The molecule has 0 unspecified atom stereocenters. The van der Waals surface area contributed by atoms with Gasteiger partial charge in [0.25, 0.3) is 5.91 Å². The third-order valence-electron chi connectivity index (χ3n) is 5.73. The number of rotatable bonds is 9. The Kier molecular flexibility index (Phi) is 9.23. The zero-order valence-electron chi connectivity index (χ0n) is 20.5. The molecule has 1 fully saturated rings. The van der Waals surface area contributed by atoms with Crippen molar-refractivity contribution < 1.29 is 19.1 Å². The van der Waals surface area contributed by atoms with Gasteiger partial charge in [-0.05, 0) is 68.5 Å². The van der Waals surface area contributed by atoms with Gasteiger partial charge in [-0.15, -0.1) is 0 Å². The Morgan fingerprint density at radius 1 is 1.06 bits per heavy atom. The van der Waals surface area contributed by atoms with Gasteiger partial charge in [-0.2, -0.15) is 0 Å². The van der Waals surface area contributed by atoms with Gasteiger partial charge in [0, 0.05) is 18.7 Å². The van der Waals surface area contributed by atoms with E-state index in [1.807, 2.05) is 20.8 Å². The topological polar surface area (TPSA) is 75.7 Å². The van der Waals surface area contributed by atoms with Crippen molar-refractivity contribution in [3.05, 3.63) is 69.1 Å². The molecule has 1 saturated heterocycles. The van der Waals surface area contributed by atoms with E-state index in [4.69, 9.17) is 17.0 Å². The Bertz CT molecular complexity index is 1150. The number of aryl methyl sites for hydroxylation is 3. The first-order valence-electron chi connectivity index (χ1n) is 11.5. The minimum atomic E-state index is -0.402. The summed E-state index contributed by atoms with van der Waals surface area (Å²) >= 11 is 6.69. The lowest BCUT2D eigenvalue weighted by Gasteiger charge is -2.14. The fourth-order valence-electron chi connectivity index (χ4n) is 3.99. The molecule has 8 heteroatoms. The normalized spacial score (nSPS) is 14.5. The molecule has 35 heavy (non-hydrogen) atoms. The number of amides is 2. The van der Waals surface area contributed by atoms with Crippen molar-refractivity contribution in [2.45, 2.75) is 46.5 Å². The second kappa shape index (κ2) is 12.1. The van der Waals surface area contributed by atoms with E-state index in [0.29, 0.717) is 27.8 Å². The molecule has 2 amide bonds. The quantitative estimate of drug-likeness (QED) is 0.199. The Labute approximate surface area is 216 Å². The first-order valence-corrected chi connectivity index (χ1v) is 12.7. The van der Waals surface area contributed by atoms with Gasteiger partial charge in [0.1, 0.15) is 4.32 Å². The molecular weight excluding hydrogens is 480 g/mol. The van der Waals surface area contributed by atoms with Crippen LogP contribution in [0, 0.1) is 20.8 Å². The summed E-state index contributed by atoms with van der Waals surface area (Å²) in [7, 11) is 1.34. The lowest BCUT2D eigenvalue weighted by molar-refractivity contribution is -0.122. The number of anilines is 1. The minimum Gasteiger partial charge on any atom is -0.465 e. The fourth-order valence-corrected chi connectivity index (χ4v) is 5.30. The number of hydrogen-bond acceptors (Lipinski definition) is 6. The number of nitrogens with one attached hydrogen (secondary N) is 1. The van der Waals surface area contributed by atoms with Crippen LogP contribution in [0.3, 0.4) is 0 Å². The van der Waals surface area contributed by atoms with Crippen molar-refractivity contribution in [1.82, 2.24) is 4.90 Å². The summed E-state index contributed by atoms with van der Waals surface area (Å²) < 4.78 is 5.24. The maximum atomic E-state index is 12.8. The monoisotopic (exact) mass is 510 g/mol. The van der Waals surface area contributed by atoms with Crippen molar-refractivity contribution in [3.63, 3.8) is 0 Å². The summed E-state index contributed by atoms with van der Waals surface area (Å²) in [5.41, 5.74) is 5.47. The molecule has 0 spiro atoms. The molecule has 184 valence electrons. The van der Waals surface area contributed by atoms with Gasteiger partial charge in [0.15, 0.2) is 0 Å². The first-order chi connectivity index (χ1) is 16.7. The molecule has 1 heterocycles. The van der Waals surface area contributed by atoms with Gasteiger partial charge in [-0.3, -0.25) is 14.5 Å². The molecule has 2 aromatic rings. The van der Waals surface area contributed by atoms with Gasteiger partial charge < -0.3 is 10.1 Å². The summed E-state index contributed by atoms with van der Waals surface area (Å²) in [6.07, 6.45) is 4.55. The Morgan fingerprint density at radius 3 is 2.34 bits per heavy atom. The van der Waals surface area contributed by atoms with Crippen LogP contribution in [-0.2, 0) is 14.3 Å². The van der Waals surface area contributed by atoms with Gasteiger partial charge >= 0.3 is 5.97 Å². The van der Waals surface area contributed by atoms with E-state index in [9.17, 15) is 14.4 Å². The zero-order valence-corrected chi connectivity index (χ0v) is 22.1. The average Bonchev–Trinajstić information content (AvgIpc) is 3.08. The summed E-state index contributed by atoms with van der Waals surface area (Å²) in [5.74, 6) is -0.507. The van der Waals surface area contributed by atoms with E-state index in [1.54, 1.807) is 35.2 Å². The number of carbonyl (C=O) groups is 3. The molecule has 0 aliphatic carbocycles. The van der Waals surface area contributed by atoms with E-state index in [2.05, 4.69) is 17.4 Å². The minimum absolute atomic E-state index is 0.00631. The highest BCUT2D eigenvalue weighted by Gasteiger charge is 2.31. The number of thiocarbonyl (C=S) groups is 1. The van der Waals surface area contributed by atoms with E-state index < -0.39 is 5.97 Å². The van der Waals surface area contributed by atoms with E-state index in [-0.39, 0.29) is 11.8 Å². The third kappa shape index (κ3) is 7.02. The van der Waals surface area contributed by atoms with Crippen LogP contribution in [-0.4, -0.2) is 40.7 Å². The number of nitrogens with zero attached hydrogens (tertiary/aromatic N) is 1. The molecule has 0 aromatic heterocycles. The van der Waals surface area contributed by atoms with Crippen LogP contribution < -0.4 is 5.32 Å². The molecule has 1 N–H and O–H groups in total. The second-order valence-corrected chi connectivity index (χ2v) is 10.3. The number of ether oxygens (including phenoxy) is 1. The van der Waals surface area contributed by atoms with Gasteiger partial charge in [0.05, 0.1) is 17.6 Å². The van der Waals surface area contributed by atoms with Crippen LogP contribution in [0.1, 0.15) is 58.3 Å². The lowest BCUT2D eigenvalue weighted by Crippen LogP contribution is -2.29. The predicted octanol–water partition coefficient (Wildman–Crippen LogP) is 5.80. The highest BCUT2D eigenvalue weighted by atomic mass is 32.2. The molecule has 0 saturated carbocycles. The maximum Gasteiger partial charge on any atom is 0.337 e. The summed E-state index contributed by atoms with van der Waals surface area (Å²) in [6.45, 7) is 6.58. The van der Waals surface area contributed by atoms with Crippen molar-refractivity contribution in [1.29, 1.82) is 0 Å². The molecule has 1 aliphatic rings. The fraction of sp³-hybridized carbons (Fsp3) is 0.333. The van der Waals surface area contributed by atoms with Crippen LogP contribution in [0.15, 0.2) is 41.3 Å². The van der Waals surface area contributed by atoms with E-state index >= 15 is 0 Å². The number of methoxy groups -OCH3 is 1. The second-order valence-electron chi connectivity index (χ2n) is 8.58. The molecule has 3 rings (SSSR count). The van der Waals surface area contributed by atoms with Crippen LogP contribution >= 0.6 is 24.0 Å². The van der Waals surface area contributed by atoms with Crippen molar-refractivity contribution in [3.8, 4) is 0 Å². The number of carbonyl (C=O) groups excluding carboxylic acids is 3. The predicted molar refractivity (Wildman–Crippen MR) is 145 cm³/mol. The Balaban J connectivity index is 1.45. The van der Waals surface area contributed by atoms with Crippen molar-refractivity contribution in [2.75, 3.05) is 19.0 Å². The van der Waals surface area contributed by atoms with Crippen molar-refractivity contribution >= 4 is 57.8 Å². The van der Waals surface area contributed by atoms with Crippen LogP contribution in [0.25, 0.3) is 6.08 Å². The summed E-state index contributed by atoms with van der Waals surface area (Å²) in [6, 6.07) is 11.0. The smallest absolute Gasteiger partial charge is 0.337 e. The average molecular weight is 511 g/mol. The molecule has 1 aliphatic heterocycles. The van der Waals surface area contributed by atoms with E-state index in [1.165, 1.54) is 24.4 Å².